The maximum atomic E-state index is 12.8. The van der Waals surface area contributed by atoms with Gasteiger partial charge in [-0.1, -0.05) is 37.1 Å². The highest BCUT2D eigenvalue weighted by atomic mass is 16.7. The van der Waals surface area contributed by atoms with Crippen molar-refractivity contribution in [1.82, 2.24) is 9.80 Å². The number of amides is 3. The minimum atomic E-state index is -0.696. The Balaban J connectivity index is 0.717. The van der Waals surface area contributed by atoms with Crippen LogP contribution in [0.4, 0.5) is 0 Å². The summed E-state index contributed by atoms with van der Waals surface area (Å²) in [6.07, 6.45) is 14.4. The predicted molar refractivity (Wildman–Crippen MR) is 179 cm³/mol. The lowest BCUT2D eigenvalue weighted by molar-refractivity contribution is -0.178. The number of ether oxygens (including phenoxy) is 4. The number of imide groups is 1. The van der Waals surface area contributed by atoms with E-state index in [2.05, 4.69) is 24.3 Å². The van der Waals surface area contributed by atoms with Gasteiger partial charge in [0, 0.05) is 31.8 Å². The van der Waals surface area contributed by atoms with Crippen LogP contribution in [0.3, 0.4) is 0 Å². The molecule has 0 spiro atoms. The van der Waals surface area contributed by atoms with E-state index < -0.39 is 18.8 Å². The van der Waals surface area contributed by atoms with Crippen molar-refractivity contribution in [3.63, 3.8) is 0 Å². The first-order valence-corrected chi connectivity index (χ1v) is 19.0. The summed E-state index contributed by atoms with van der Waals surface area (Å²) in [5.74, 6) is 0.0647. The minimum absolute atomic E-state index is 0.0209. The lowest BCUT2D eigenvalue weighted by atomic mass is 9.85. The summed E-state index contributed by atoms with van der Waals surface area (Å²) in [4.78, 5) is 65.8. The molecule has 4 aliphatic carbocycles. The second kappa shape index (κ2) is 16.5. The lowest BCUT2D eigenvalue weighted by Gasteiger charge is -2.25. The molecule has 2 aliphatic heterocycles. The summed E-state index contributed by atoms with van der Waals surface area (Å²) in [6, 6.07) is 0. The number of esters is 2. The SMILES string of the molecule is CC(OCCCCOC(C)OC(=O)CCCCCN1C(=O)C2C3C=CC(C3)C2C1O)OC(=O)CCCCCN1C(=O)C2C3C=CC(C3)C2C1=O. The van der Waals surface area contributed by atoms with E-state index in [0.29, 0.717) is 64.3 Å². The molecule has 4 bridgehead atoms. The number of unbranched alkanes of at least 4 members (excludes halogenated alkanes) is 5. The quantitative estimate of drug-likeness (QED) is 0.0611. The van der Waals surface area contributed by atoms with Crippen molar-refractivity contribution in [2.24, 2.45) is 47.3 Å². The van der Waals surface area contributed by atoms with Crippen LogP contribution in [0.5, 0.6) is 0 Å². The van der Waals surface area contributed by atoms with Gasteiger partial charge in [-0.05, 0) is 88.9 Å². The molecule has 6 rings (SSSR count). The fourth-order valence-electron chi connectivity index (χ4n) is 9.27. The number of allylic oxidation sites excluding steroid dienone is 4. The Kier molecular flexibility index (Phi) is 12.1. The molecule has 1 N–H and O–H groups in total. The van der Waals surface area contributed by atoms with Gasteiger partial charge in [0.2, 0.25) is 17.7 Å². The highest BCUT2D eigenvalue weighted by Crippen LogP contribution is 2.54. The molecule has 0 aromatic heterocycles. The van der Waals surface area contributed by atoms with E-state index in [4.69, 9.17) is 18.9 Å². The monoisotopic (exact) mass is 698 g/mol. The molecular weight excluding hydrogens is 644 g/mol. The second-order valence-electron chi connectivity index (χ2n) is 15.0. The van der Waals surface area contributed by atoms with Gasteiger partial charge in [0.1, 0.15) is 6.23 Å². The van der Waals surface area contributed by atoms with Crippen molar-refractivity contribution < 1.29 is 48.0 Å². The van der Waals surface area contributed by atoms with Gasteiger partial charge in [-0.3, -0.25) is 28.9 Å². The highest BCUT2D eigenvalue weighted by Gasteiger charge is 2.59. The Bertz CT molecular complexity index is 1300. The smallest absolute Gasteiger partial charge is 0.308 e. The summed E-state index contributed by atoms with van der Waals surface area (Å²) in [5, 5.41) is 10.7. The van der Waals surface area contributed by atoms with E-state index in [1.54, 1.807) is 18.7 Å². The van der Waals surface area contributed by atoms with Crippen molar-refractivity contribution in [3.05, 3.63) is 24.3 Å². The van der Waals surface area contributed by atoms with Crippen molar-refractivity contribution in [2.75, 3.05) is 26.3 Å². The number of hydrogen-bond donors (Lipinski definition) is 1. The molecule has 0 aromatic carbocycles. The zero-order chi connectivity index (χ0) is 35.4. The number of aliphatic hydroxyl groups excluding tert-OH is 1. The molecule has 276 valence electrons. The van der Waals surface area contributed by atoms with Crippen LogP contribution >= 0.6 is 0 Å². The molecular formula is C38H54N2O10. The summed E-state index contributed by atoms with van der Waals surface area (Å²) < 4.78 is 21.9. The van der Waals surface area contributed by atoms with E-state index in [1.807, 2.05) is 0 Å². The van der Waals surface area contributed by atoms with E-state index >= 15 is 0 Å². The van der Waals surface area contributed by atoms with Crippen LogP contribution in [0, 0.1) is 47.3 Å². The first kappa shape index (κ1) is 36.7. The number of likely N-dealkylation sites (tertiary alicyclic amines) is 2. The van der Waals surface area contributed by atoms with Crippen LogP contribution in [0.2, 0.25) is 0 Å². The minimum Gasteiger partial charge on any atom is -0.436 e. The van der Waals surface area contributed by atoms with Gasteiger partial charge in [-0.25, -0.2) is 0 Å². The molecule has 2 saturated carbocycles. The number of nitrogens with zero attached hydrogens (tertiary/aromatic N) is 2. The highest BCUT2D eigenvalue weighted by molar-refractivity contribution is 6.06. The molecule has 12 heteroatoms. The average molecular weight is 699 g/mol. The Labute approximate surface area is 294 Å². The molecule has 2 heterocycles. The molecule has 12 nitrogen and oxygen atoms in total. The van der Waals surface area contributed by atoms with Gasteiger partial charge in [0.05, 0.1) is 31.0 Å². The fourth-order valence-corrected chi connectivity index (χ4v) is 9.27. The third kappa shape index (κ3) is 8.02. The molecule has 6 aliphatic rings. The van der Waals surface area contributed by atoms with Crippen LogP contribution in [-0.2, 0) is 42.9 Å². The van der Waals surface area contributed by atoms with Crippen LogP contribution < -0.4 is 0 Å². The fraction of sp³-hybridized carbons (Fsp3) is 0.763. The zero-order valence-electron chi connectivity index (χ0n) is 29.5. The normalized spacial score (nSPS) is 32.7. The first-order valence-electron chi connectivity index (χ1n) is 19.0. The summed E-state index contributed by atoms with van der Waals surface area (Å²) in [7, 11) is 0. The molecule has 0 radical (unpaired) electrons. The third-order valence-corrected chi connectivity index (χ3v) is 11.7. The summed E-state index contributed by atoms with van der Waals surface area (Å²) in [5.41, 5.74) is 0. The van der Waals surface area contributed by atoms with Gasteiger partial charge in [-0.2, -0.15) is 0 Å². The van der Waals surface area contributed by atoms with Gasteiger partial charge in [0.25, 0.3) is 0 Å². The topological polar surface area (TPSA) is 149 Å². The van der Waals surface area contributed by atoms with Crippen molar-refractivity contribution in [2.45, 2.75) is 110 Å². The van der Waals surface area contributed by atoms with Gasteiger partial charge in [-0.15, -0.1) is 0 Å². The van der Waals surface area contributed by atoms with Crippen LogP contribution in [0.1, 0.15) is 90.9 Å². The third-order valence-electron chi connectivity index (χ3n) is 11.7. The van der Waals surface area contributed by atoms with Gasteiger partial charge >= 0.3 is 11.9 Å². The standard InChI is InChI=1S/C38H54N2O10/c1-23(49-29(41)11-5-3-7-17-39-35(43)31-25-13-14-26(21-25)32(31)36(39)44)47-19-9-10-20-48-24(2)50-30(42)12-6-4-8-18-40-37(45)33-27-15-16-28(22-27)34(33)38(40)46/h13-16,23-28,31-35,43H,3-12,17-22H2,1-2H3. The number of aliphatic hydroxyl groups is 1. The van der Waals surface area contributed by atoms with E-state index in [9.17, 15) is 29.1 Å². The zero-order valence-corrected chi connectivity index (χ0v) is 29.5. The molecule has 2 saturated heterocycles. The van der Waals surface area contributed by atoms with Crippen molar-refractivity contribution >= 4 is 29.7 Å². The molecule has 3 amide bonds. The largest absolute Gasteiger partial charge is 0.436 e. The first-order chi connectivity index (χ1) is 24.1. The molecule has 50 heavy (non-hydrogen) atoms. The summed E-state index contributed by atoms with van der Waals surface area (Å²) >= 11 is 0. The van der Waals surface area contributed by atoms with Crippen LogP contribution in [-0.4, -0.2) is 89.7 Å². The molecule has 11 unspecified atom stereocenters. The van der Waals surface area contributed by atoms with E-state index in [1.165, 1.54) is 4.90 Å². The summed E-state index contributed by atoms with van der Waals surface area (Å²) in [6.45, 7) is 5.08. The van der Waals surface area contributed by atoms with E-state index in [-0.39, 0.29) is 83.9 Å². The number of carbonyl (C=O) groups is 5. The van der Waals surface area contributed by atoms with E-state index in [0.717, 1.165) is 32.1 Å². The number of fused-ring (bicyclic) bond motifs is 10. The van der Waals surface area contributed by atoms with Gasteiger partial charge in [0.15, 0.2) is 12.6 Å². The number of rotatable bonds is 21. The van der Waals surface area contributed by atoms with Crippen LogP contribution in [0.15, 0.2) is 24.3 Å². The number of carbonyl (C=O) groups excluding carboxylic acids is 5. The maximum absolute atomic E-state index is 12.8. The average Bonchev–Trinajstić information content (AvgIpc) is 3.94. The molecule has 0 aromatic rings. The van der Waals surface area contributed by atoms with Crippen LogP contribution in [0.25, 0.3) is 0 Å². The number of hydrogen-bond acceptors (Lipinski definition) is 10. The Morgan fingerprint density at radius 1 is 0.660 bits per heavy atom. The van der Waals surface area contributed by atoms with Crippen molar-refractivity contribution in [3.8, 4) is 0 Å². The Hall–Kier alpha value is -3.09. The Morgan fingerprint density at radius 3 is 1.68 bits per heavy atom. The second-order valence-corrected chi connectivity index (χ2v) is 15.0. The maximum Gasteiger partial charge on any atom is 0.308 e. The van der Waals surface area contributed by atoms with Crippen molar-refractivity contribution in [1.29, 1.82) is 0 Å². The van der Waals surface area contributed by atoms with Gasteiger partial charge < -0.3 is 29.0 Å². The Morgan fingerprint density at radius 2 is 1.14 bits per heavy atom. The molecule has 11 atom stereocenters. The predicted octanol–water partition coefficient (Wildman–Crippen LogP) is 4.11. The molecule has 4 fully saturated rings. The lowest BCUT2D eigenvalue weighted by Crippen LogP contribution is -2.37.